The van der Waals surface area contributed by atoms with Crippen molar-refractivity contribution in [3.05, 3.63) is 80.7 Å². The van der Waals surface area contributed by atoms with Crippen LogP contribution < -0.4 is 5.32 Å². The van der Waals surface area contributed by atoms with Gasteiger partial charge in [-0.2, -0.15) is 10.5 Å². The third kappa shape index (κ3) is 4.89. The van der Waals surface area contributed by atoms with Gasteiger partial charge < -0.3 is 5.32 Å². The Morgan fingerprint density at radius 2 is 1.84 bits per heavy atom. The molecule has 0 atom stereocenters. The fourth-order valence-corrected chi connectivity index (χ4v) is 5.85. The number of nitrogens with zero attached hydrogens (tertiary/aromatic N) is 2. The zero-order valence-corrected chi connectivity index (χ0v) is 19.4. The van der Waals surface area contributed by atoms with Crippen molar-refractivity contribution in [3.63, 3.8) is 0 Å². The quantitative estimate of drug-likeness (QED) is 0.323. The number of fused-ring (bicyclic) bond motifs is 1. The highest BCUT2D eigenvalue weighted by Gasteiger charge is 2.22. The zero-order valence-electron chi connectivity index (χ0n) is 17.0. The summed E-state index contributed by atoms with van der Waals surface area (Å²) in [5, 5.41) is 23.3. The molecular weight excluding hydrogens is 458 g/mol. The number of carbonyl (C=O) groups excluding carboxylic acids is 1. The molecule has 1 amide bonds. The molecule has 0 fully saturated rings. The largest absolute Gasteiger partial charge is 0.312 e. The smallest absolute Gasteiger partial charge is 0.266 e. The van der Waals surface area contributed by atoms with Crippen LogP contribution in [-0.2, 0) is 17.6 Å². The second kappa shape index (κ2) is 10.1. The molecule has 2 aromatic carbocycles. The highest BCUT2D eigenvalue weighted by atomic mass is 35.5. The van der Waals surface area contributed by atoms with Crippen LogP contribution in [0.5, 0.6) is 0 Å². The van der Waals surface area contributed by atoms with Crippen molar-refractivity contribution in [1.82, 2.24) is 0 Å². The number of hydrogen-bond donors (Lipinski definition) is 1. The van der Waals surface area contributed by atoms with E-state index >= 15 is 0 Å². The van der Waals surface area contributed by atoms with E-state index in [1.807, 2.05) is 54.6 Å². The summed E-state index contributed by atoms with van der Waals surface area (Å²) < 4.78 is 0. The first kappa shape index (κ1) is 22.2. The van der Waals surface area contributed by atoms with Crippen molar-refractivity contribution in [3.8, 4) is 12.1 Å². The topological polar surface area (TPSA) is 76.7 Å². The first-order chi connectivity index (χ1) is 15.6. The van der Waals surface area contributed by atoms with E-state index in [0.29, 0.717) is 15.6 Å². The molecule has 0 saturated heterocycles. The van der Waals surface area contributed by atoms with Crippen molar-refractivity contribution in [2.24, 2.45) is 0 Å². The van der Waals surface area contributed by atoms with E-state index in [4.69, 9.17) is 11.6 Å². The first-order valence-electron chi connectivity index (χ1n) is 10.1. The Morgan fingerprint density at radius 1 is 1.09 bits per heavy atom. The minimum absolute atomic E-state index is 0.00980. The number of rotatable bonds is 5. The van der Waals surface area contributed by atoms with E-state index in [0.717, 1.165) is 51.5 Å². The van der Waals surface area contributed by atoms with Gasteiger partial charge in [-0.15, -0.1) is 11.3 Å². The van der Waals surface area contributed by atoms with Crippen LogP contribution in [0.1, 0.15) is 34.4 Å². The van der Waals surface area contributed by atoms with Crippen molar-refractivity contribution in [1.29, 1.82) is 10.5 Å². The summed E-state index contributed by atoms with van der Waals surface area (Å²) in [6.07, 6.45) is 5.53. The molecule has 3 aromatic rings. The van der Waals surface area contributed by atoms with Gasteiger partial charge in [-0.3, -0.25) is 4.79 Å². The molecule has 32 heavy (non-hydrogen) atoms. The molecule has 0 unspecified atom stereocenters. The lowest BCUT2D eigenvalue weighted by Crippen LogP contribution is -2.13. The number of nitrogens with one attached hydrogen (secondary N) is 1. The van der Waals surface area contributed by atoms with Gasteiger partial charge in [0.25, 0.3) is 5.91 Å². The predicted octanol–water partition coefficient (Wildman–Crippen LogP) is 6.85. The lowest BCUT2D eigenvalue weighted by Gasteiger charge is -2.09. The van der Waals surface area contributed by atoms with E-state index in [1.54, 1.807) is 6.08 Å². The third-order valence-corrected chi connectivity index (χ3v) is 7.69. The molecule has 1 aromatic heterocycles. The second-order valence-electron chi connectivity index (χ2n) is 7.24. The van der Waals surface area contributed by atoms with Crippen LogP contribution in [-0.4, -0.2) is 5.91 Å². The Bertz CT molecular complexity index is 1280. The second-order valence-corrected chi connectivity index (χ2v) is 9.90. The molecule has 0 radical (unpaired) electrons. The fraction of sp³-hybridized carbons (Fsp3) is 0.160. The van der Waals surface area contributed by atoms with Gasteiger partial charge in [0, 0.05) is 19.7 Å². The predicted molar refractivity (Wildman–Crippen MR) is 130 cm³/mol. The summed E-state index contributed by atoms with van der Waals surface area (Å²) in [4.78, 5) is 16.0. The fourth-order valence-electron chi connectivity index (χ4n) is 3.57. The van der Waals surface area contributed by atoms with E-state index in [2.05, 4.69) is 11.4 Å². The van der Waals surface area contributed by atoms with E-state index in [-0.39, 0.29) is 5.57 Å². The van der Waals surface area contributed by atoms with Gasteiger partial charge >= 0.3 is 0 Å². The third-order valence-electron chi connectivity index (χ3n) is 5.14. The molecule has 1 N–H and O–H groups in total. The summed E-state index contributed by atoms with van der Waals surface area (Å²) >= 11 is 8.95. The molecule has 1 heterocycles. The van der Waals surface area contributed by atoms with Crippen LogP contribution in [0.2, 0.25) is 5.02 Å². The number of anilines is 1. The van der Waals surface area contributed by atoms with Gasteiger partial charge in [0.1, 0.15) is 22.7 Å². The maximum Gasteiger partial charge on any atom is 0.266 e. The summed E-state index contributed by atoms with van der Waals surface area (Å²) in [5.41, 5.74) is 2.34. The first-order valence-corrected chi connectivity index (χ1v) is 12.1. The van der Waals surface area contributed by atoms with E-state index in [9.17, 15) is 15.3 Å². The monoisotopic (exact) mass is 475 g/mol. The zero-order chi connectivity index (χ0) is 22.5. The summed E-state index contributed by atoms with van der Waals surface area (Å²) in [6.45, 7) is 0. The van der Waals surface area contributed by atoms with Gasteiger partial charge in [-0.05, 0) is 73.2 Å². The Kier molecular flexibility index (Phi) is 6.97. The number of benzene rings is 2. The van der Waals surface area contributed by atoms with Gasteiger partial charge in [-0.1, -0.05) is 41.6 Å². The maximum absolute atomic E-state index is 12.9. The average Bonchev–Trinajstić information content (AvgIpc) is 3.16. The van der Waals surface area contributed by atoms with Crippen LogP contribution in [0.4, 0.5) is 5.00 Å². The number of nitriles is 2. The highest BCUT2D eigenvalue weighted by Crippen LogP contribution is 2.38. The summed E-state index contributed by atoms with van der Waals surface area (Å²) in [5.74, 6) is -0.506. The molecule has 158 valence electrons. The average molecular weight is 476 g/mol. The highest BCUT2D eigenvalue weighted by molar-refractivity contribution is 7.99. The molecule has 4 rings (SSSR count). The van der Waals surface area contributed by atoms with Gasteiger partial charge in [0.05, 0.1) is 5.56 Å². The van der Waals surface area contributed by atoms with Crippen molar-refractivity contribution in [2.75, 3.05) is 5.32 Å². The van der Waals surface area contributed by atoms with Crippen molar-refractivity contribution in [2.45, 2.75) is 35.5 Å². The maximum atomic E-state index is 12.9. The molecule has 4 nitrogen and oxygen atoms in total. The van der Waals surface area contributed by atoms with E-state index < -0.39 is 5.91 Å². The Labute approximate surface area is 200 Å². The van der Waals surface area contributed by atoms with Crippen LogP contribution in [0, 0.1) is 22.7 Å². The Morgan fingerprint density at radius 3 is 2.59 bits per heavy atom. The number of thiophene rings is 1. The van der Waals surface area contributed by atoms with Crippen molar-refractivity contribution < 1.29 is 4.79 Å². The summed E-state index contributed by atoms with van der Waals surface area (Å²) in [6, 6.07) is 19.3. The Hall–Kier alpha value is -3.03. The summed E-state index contributed by atoms with van der Waals surface area (Å²) in [7, 11) is 0. The molecular formula is C25H18ClN3OS2. The number of halogens is 1. The lowest BCUT2D eigenvalue weighted by molar-refractivity contribution is -0.112. The Balaban J connectivity index is 1.60. The molecule has 7 heteroatoms. The number of hydrogen-bond acceptors (Lipinski definition) is 5. The number of amides is 1. The van der Waals surface area contributed by atoms with Crippen LogP contribution in [0.25, 0.3) is 6.08 Å². The molecule has 0 saturated carbocycles. The van der Waals surface area contributed by atoms with E-state index in [1.165, 1.54) is 23.1 Å². The standard InChI is InChI=1S/C25H18ClN3OS2/c26-18-9-11-19(12-10-18)31-22-7-3-1-5-16(22)13-17(14-27)24(30)29-25-21(15-28)20-6-2-4-8-23(20)32-25/h1,3,5,7,9-13H,2,4,6,8H2,(H,29,30)/b17-13-. The normalized spacial score (nSPS) is 13.0. The SMILES string of the molecule is N#C/C(=C/c1ccccc1Sc1ccc(Cl)cc1)C(=O)Nc1sc2c(c1C#N)CCCC2. The molecule has 1 aliphatic carbocycles. The minimum atomic E-state index is -0.506. The van der Waals surface area contributed by atoms with Gasteiger partial charge in [-0.25, -0.2) is 0 Å². The molecule has 0 bridgehead atoms. The van der Waals surface area contributed by atoms with Gasteiger partial charge in [0.2, 0.25) is 0 Å². The molecule has 0 aliphatic heterocycles. The van der Waals surface area contributed by atoms with Gasteiger partial charge in [0.15, 0.2) is 0 Å². The number of aryl methyl sites for hydroxylation is 1. The van der Waals surface area contributed by atoms with Crippen LogP contribution >= 0.6 is 34.7 Å². The van der Waals surface area contributed by atoms with Crippen LogP contribution in [0.15, 0.2) is 63.9 Å². The number of carbonyl (C=O) groups is 1. The molecule has 1 aliphatic rings. The lowest BCUT2D eigenvalue weighted by atomic mass is 9.96. The minimum Gasteiger partial charge on any atom is -0.312 e. The molecule has 0 spiro atoms. The van der Waals surface area contributed by atoms with Crippen molar-refractivity contribution >= 4 is 51.7 Å². The van der Waals surface area contributed by atoms with Crippen LogP contribution in [0.3, 0.4) is 0 Å².